The number of hydrogen-bond acceptors (Lipinski definition) is 4. The minimum absolute atomic E-state index is 0.535. The van der Waals surface area contributed by atoms with Crippen LogP contribution in [0.2, 0.25) is 0 Å². The Morgan fingerprint density at radius 3 is 2.83 bits per heavy atom. The third kappa shape index (κ3) is 0.938. The van der Waals surface area contributed by atoms with E-state index in [0.29, 0.717) is 22.1 Å². The lowest BCUT2D eigenvalue weighted by molar-refractivity contribution is 0.112. The maximum atomic E-state index is 10.5. The topological polar surface area (TPSA) is 42.9 Å². The Balaban J connectivity index is 2.91. The molecule has 3 nitrogen and oxygen atoms in total. The zero-order valence-corrected chi connectivity index (χ0v) is 6.84. The molecule has 0 aliphatic carbocycles. The summed E-state index contributed by atoms with van der Waals surface area (Å²) in [6, 6.07) is 3.31. The molecule has 0 spiro atoms. The SMILES string of the molecule is [B]c1ccc(C=O)c2nsnc12. The van der Waals surface area contributed by atoms with Gasteiger partial charge in [0.1, 0.15) is 13.4 Å². The summed E-state index contributed by atoms with van der Waals surface area (Å²) in [7, 11) is 5.61. The van der Waals surface area contributed by atoms with Crippen LogP contribution in [0.5, 0.6) is 0 Å². The number of nitrogens with zero attached hydrogens (tertiary/aromatic N) is 2. The first-order chi connectivity index (χ1) is 5.83. The number of aromatic nitrogens is 2. The normalized spacial score (nSPS) is 10.3. The van der Waals surface area contributed by atoms with Gasteiger partial charge in [0.25, 0.3) is 0 Å². The summed E-state index contributed by atoms with van der Waals surface area (Å²) < 4.78 is 7.94. The molecule has 0 atom stereocenters. The first-order valence-corrected chi connectivity index (χ1v) is 4.02. The minimum atomic E-state index is 0.535. The Morgan fingerprint density at radius 2 is 2.08 bits per heavy atom. The predicted molar refractivity (Wildman–Crippen MR) is 48.2 cm³/mol. The van der Waals surface area contributed by atoms with Crippen molar-refractivity contribution < 1.29 is 4.79 Å². The van der Waals surface area contributed by atoms with Crippen LogP contribution in [0.4, 0.5) is 0 Å². The number of hydrogen-bond donors (Lipinski definition) is 0. The molecule has 2 radical (unpaired) electrons. The van der Waals surface area contributed by atoms with Gasteiger partial charge < -0.3 is 0 Å². The van der Waals surface area contributed by atoms with Crippen molar-refractivity contribution in [2.45, 2.75) is 0 Å². The molecule has 0 fully saturated rings. The van der Waals surface area contributed by atoms with E-state index in [1.807, 2.05) is 0 Å². The quantitative estimate of drug-likeness (QED) is 0.461. The molecular weight excluding hydrogens is 171 g/mol. The van der Waals surface area contributed by atoms with Gasteiger partial charge in [-0.3, -0.25) is 4.79 Å². The number of rotatable bonds is 1. The molecule has 0 aliphatic heterocycles. The highest BCUT2D eigenvalue weighted by molar-refractivity contribution is 7.00. The molecule has 0 amide bonds. The van der Waals surface area contributed by atoms with Gasteiger partial charge in [0.2, 0.25) is 0 Å². The van der Waals surface area contributed by atoms with Crippen molar-refractivity contribution in [1.29, 1.82) is 0 Å². The number of fused-ring (bicyclic) bond motifs is 1. The van der Waals surface area contributed by atoms with Gasteiger partial charge in [-0.05, 0) is 6.07 Å². The summed E-state index contributed by atoms with van der Waals surface area (Å²) in [5.41, 5.74) is 2.30. The lowest BCUT2D eigenvalue weighted by Crippen LogP contribution is -2.04. The summed E-state index contributed by atoms with van der Waals surface area (Å²) in [5, 5.41) is 0. The van der Waals surface area contributed by atoms with Crippen molar-refractivity contribution in [3.63, 3.8) is 0 Å². The lowest BCUT2D eigenvalue weighted by Gasteiger charge is -1.94. The minimum Gasteiger partial charge on any atom is -0.298 e. The lowest BCUT2D eigenvalue weighted by atomic mass is 9.93. The van der Waals surface area contributed by atoms with E-state index >= 15 is 0 Å². The van der Waals surface area contributed by atoms with E-state index in [1.165, 1.54) is 0 Å². The highest BCUT2D eigenvalue weighted by atomic mass is 32.1. The van der Waals surface area contributed by atoms with E-state index in [9.17, 15) is 4.79 Å². The van der Waals surface area contributed by atoms with Gasteiger partial charge in [0.15, 0.2) is 6.29 Å². The van der Waals surface area contributed by atoms with Crippen LogP contribution in [0.15, 0.2) is 12.1 Å². The van der Waals surface area contributed by atoms with Crippen molar-refractivity contribution in [2.75, 3.05) is 0 Å². The van der Waals surface area contributed by atoms with Gasteiger partial charge in [-0.25, -0.2) is 0 Å². The van der Waals surface area contributed by atoms with Gasteiger partial charge in [0, 0.05) is 5.56 Å². The molecular formula is C7H3BN2OS. The number of benzene rings is 1. The van der Waals surface area contributed by atoms with Gasteiger partial charge in [0.05, 0.1) is 17.2 Å². The monoisotopic (exact) mass is 174 g/mol. The smallest absolute Gasteiger partial charge is 0.152 e. The van der Waals surface area contributed by atoms with Crippen molar-refractivity contribution in [3.8, 4) is 0 Å². The maximum Gasteiger partial charge on any atom is 0.152 e. The van der Waals surface area contributed by atoms with E-state index in [4.69, 9.17) is 7.85 Å². The van der Waals surface area contributed by atoms with Crippen molar-refractivity contribution in [2.24, 2.45) is 0 Å². The van der Waals surface area contributed by atoms with Gasteiger partial charge in [-0.1, -0.05) is 11.5 Å². The van der Waals surface area contributed by atoms with Gasteiger partial charge in [-0.2, -0.15) is 8.75 Å². The summed E-state index contributed by atoms with van der Waals surface area (Å²) in [5.74, 6) is 0. The van der Waals surface area contributed by atoms with Crippen LogP contribution in [-0.4, -0.2) is 22.9 Å². The molecule has 12 heavy (non-hydrogen) atoms. The first-order valence-electron chi connectivity index (χ1n) is 3.29. The van der Waals surface area contributed by atoms with Crippen LogP contribution >= 0.6 is 11.7 Å². The summed E-state index contributed by atoms with van der Waals surface area (Å²) in [6.07, 6.45) is 0.753. The second-order valence-corrected chi connectivity index (χ2v) is 2.85. The molecule has 0 unspecified atom stereocenters. The molecule has 2 aromatic rings. The van der Waals surface area contributed by atoms with Crippen molar-refractivity contribution >= 4 is 42.4 Å². The van der Waals surface area contributed by atoms with E-state index in [2.05, 4.69) is 8.75 Å². The molecule has 56 valence electrons. The van der Waals surface area contributed by atoms with E-state index in [-0.39, 0.29) is 0 Å². The van der Waals surface area contributed by atoms with Crippen LogP contribution in [0.25, 0.3) is 11.0 Å². The molecule has 2 rings (SSSR count). The van der Waals surface area contributed by atoms with E-state index in [0.717, 1.165) is 18.0 Å². The second-order valence-electron chi connectivity index (χ2n) is 2.32. The number of carbonyl (C=O) groups excluding carboxylic acids is 1. The maximum absolute atomic E-state index is 10.5. The molecule has 5 heteroatoms. The van der Waals surface area contributed by atoms with E-state index in [1.54, 1.807) is 12.1 Å². The standard InChI is InChI=1S/C7H3BN2OS/c8-5-2-1-4(3-11)6-7(5)10-12-9-6/h1-3H. The molecule has 1 aromatic heterocycles. The average molecular weight is 174 g/mol. The van der Waals surface area contributed by atoms with Crippen LogP contribution in [0.1, 0.15) is 10.4 Å². The number of carbonyl (C=O) groups is 1. The Bertz CT molecular complexity index is 440. The Hall–Kier alpha value is -1.23. The van der Waals surface area contributed by atoms with Crippen LogP contribution < -0.4 is 5.46 Å². The zero-order chi connectivity index (χ0) is 8.55. The van der Waals surface area contributed by atoms with Crippen LogP contribution in [0, 0.1) is 0 Å². The molecule has 0 saturated carbocycles. The predicted octanol–water partition coefficient (Wildman–Crippen LogP) is 0.298. The van der Waals surface area contributed by atoms with E-state index < -0.39 is 0 Å². The average Bonchev–Trinajstić information content (AvgIpc) is 2.54. The summed E-state index contributed by atoms with van der Waals surface area (Å²) in [4.78, 5) is 10.5. The Labute approximate surface area is 74.2 Å². The first kappa shape index (κ1) is 7.43. The zero-order valence-electron chi connectivity index (χ0n) is 6.02. The number of aldehydes is 1. The fourth-order valence-electron chi connectivity index (χ4n) is 1.000. The fourth-order valence-corrected chi connectivity index (χ4v) is 1.59. The molecule has 0 bridgehead atoms. The second kappa shape index (κ2) is 2.67. The van der Waals surface area contributed by atoms with Crippen molar-refractivity contribution in [3.05, 3.63) is 17.7 Å². The fraction of sp³-hybridized carbons (Fsp3) is 0. The van der Waals surface area contributed by atoms with Crippen LogP contribution in [-0.2, 0) is 0 Å². The molecule has 0 aliphatic rings. The van der Waals surface area contributed by atoms with Crippen molar-refractivity contribution in [1.82, 2.24) is 8.75 Å². The largest absolute Gasteiger partial charge is 0.298 e. The summed E-state index contributed by atoms with van der Waals surface area (Å²) >= 11 is 1.06. The summed E-state index contributed by atoms with van der Waals surface area (Å²) in [6.45, 7) is 0. The molecule has 0 saturated heterocycles. The highest BCUT2D eigenvalue weighted by Crippen LogP contribution is 2.11. The third-order valence-corrected chi connectivity index (χ3v) is 2.13. The highest BCUT2D eigenvalue weighted by Gasteiger charge is 2.05. The van der Waals surface area contributed by atoms with Gasteiger partial charge in [-0.15, -0.1) is 0 Å². The third-order valence-electron chi connectivity index (χ3n) is 1.60. The Morgan fingerprint density at radius 1 is 1.33 bits per heavy atom. The van der Waals surface area contributed by atoms with Crippen LogP contribution in [0.3, 0.4) is 0 Å². The Kier molecular flexibility index (Phi) is 1.66. The van der Waals surface area contributed by atoms with Gasteiger partial charge >= 0.3 is 0 Å². The molecule has 1 heterocycles. The molecule has 0 N–H and O–H groups in total. The molecule has 1 aromatic carbocycles.